The van der Waals surface area contributed by atoms with Crippen LogP contribution in [0.4, 0.5) is 21.6 Å². The smallest absolute Gasteiger partial charge is 0.254 e. The van der Waals surface area contributed by atoms with Crippen LogP contribution in [0.1, 0.15) is 36.8 Å². The van der Waals surface area contributed by atoms with Gasteiger partial charge in [-0.15, -0.1) is 0 Å². The monoisotopic (exact) mass is 407 g/mol. The van der Waals surface area contributed by atoms with Gasteiger partial charge in [-0.1, -0.05) is 18.9 Å². The third-order valence-corrected chi connectivity index (χ3v) is 9.29. The van der Waals surface area contributed by atoms with Crippen molar-refractivity contribution in [2.24, 2.45) is 7.05 Å². The molecule has 1 aromatic carbocycles. The Balaban J connectivity index is 1.87. The largest absolute Gasteiger partial charge is 0.337 e. The van der Waals surface area contributed by atoms with Crippen LogP contribution in [0.15, 0.2) is 29.1 Å². The average Bonchev–Trinajstić information content (AvgIpc) is 3.17. The number of aryl methyl sites for hydroxylation is 2. The molecular weight excluding hydrogens is 380 g/mol. The Kier molecular flexibility index (Phi) is 6.48. The number of aromatic nitrogens is 1. The molecule has 0 radical (unpaired) electrons. The van der Waals surface area contributed by atoms with Gasteiger partial charge in [-0.25, -0.2) is 4.39 Å². The molecule has 2 aromatic rings. The van der Waals surface area contributed by atoms with Gasteiger partial charge in [0.1, 0.15) is 11.6 Å². The maximum absolute atomic E-state index is 14.3. The van der Waals surface area contributed by atoms with Crippen LogP contribution in [0.25, 0.3) is 0 Å². The highest BCUT2D eigenvalue weighted by molar-refractivity contribution is 8.56. The Bertz CT molecular complexity index is 880. The first-order chi connectivity index (χ1) is 12.9. The normalized spacial score (nSPS) is 15.7. The minimum atomic E-state index is -0.328. The molecule has 1 aromatic heterocycles. The summed E-state index contributed by atoms with van der Waals surface area (Å²) >= 11 is 1.75. The quantitative estimate of drug-likeness (QED) is 0.461. The van der Waals surface area contributed by atoms with Crippen molar-refractivity contribution in [2.45, 2.75) is 45.2 Å². The van der Waals surface area contributed by atoms with Crippen molar-refractivity contribution in [3.63, 3.8) is 0 Å². The molecule has 27 heavy (non-hydrogen) atoms. The number of nitrogens with one attached hydrogen (secondary N) is 2. The number of rotatable bonds is 6. The lowest BCUT2D eigenvalue weighted by Crippen LogP contribution is -2.22. The van der Waals surface area contributed by atoms with E-state index in [1.165, 1.54) is 31.7 Å². The zero-order valence-electron chi connectivity index (χ0n) is 16.3. The standard InChI is InChI=1S/C20H27FN3OPS/c1-13-9-10-17(16(21)11-13)22-19-18(12-14(2)20(25)24(19)3)23-27-26(4)15-7-5-6-8-15/h9-12,15,22-23H,5-8H2,1-4H3. The van der Waals surface area contributed by atoms with Gasteiger partial charge in [-0.2, -0.15) is 0 Å². The van der Waals surface area contributed by atoms with Gasteiger partial charge in [0.2, 0.25) is 0 Å². The third-order valence-electron chi connectivity index (χ3n) is 5.11. The molecule has 1 atom stereocenters. The summed E-state index contributed by atoms with van der Waals surface area (Å²) in [6.45, 7) is 5.97. The Morgan fingerprint density at radius 2 is 1.89 bits per heavy atom. The van der Waals surface area contributed by atoms with Crippen molar-refractivity contribution in [1.82, 2.24) is 4.57 Å². The molecule has 0 saturated heterocycles. The summed E-state index contributed by atoms with van der Waals surface area (Å²) in [7, 11) is 1.52. The first-order valence-electron chi connectivity index (χ1n) is 9.26. The lowest BCUT2D eigenvalue weighted by atomic mass is 10.2. The minimum Gasteiger partial charge on any atom is -0.337 e. The second-order valence-electron chi connectivity index (χ2n) is 7.24. The molecule has 3 rings (SSSR count). The molecule has 1 heterocycles. The molecule has 2 N–H and O–H groups in total. The Hall–Kier alpha value is -1.52. The maximum atomic E-state index is 14.3. The Labute approximate surface area is 165 Å². The number of halogens is 1. The van der Waals surface area contributed by atoms with E-state index < -0.39 is 0 Å². The SMILES string of the molecule is Cc1ccc(Nc2c(NSP(C)C3CCCC3)cc(C)c(=O)n2C)c(F)c1. The fourth-order valence-corrected chi connectivity index (χ4v) is 6.88. The molecule has 0 spiro atoms. The van der Waals surface area contributed by atoms with Crippen molar-refractivity contribution >= 4 is 35.9 Å². The number of pyridine rings is 1. The summed E-state index contributed by atoms with van der Waals surface area (Å²) in [5.74, 6) is 0.251. The molecule has 1 aliphatic carbocycles. The summed E-state index contributed by atoms with van der Waals surface area (Å²) in [6.07, 6.45) is 5.28. The maximum Gasteiger partial charge on any atom is 0.254 e. The first kappa shape index (κ1) is 20.2. The fourth-order valence-electron chi connectivity index (χ4n) is 3.43. The molecule has 1 saturated carbocycles. The predicted octanol–water partition coefficient (Wildman–Crippen LogP) is 5.91. The molecule has 1 unspecified atom stereocenters. The molecule has 4 nitrogen and oxygen atoms in total. The van der Waals surface area contributed by atoms with E-state index in [-0.39, 0.29) is 18.5 Å². The van der Waals surface area contributed by atoms with Gasteiger partial charge in [0, 0.05) is 12.6 Å². The highest BCUT2D eigenvalue weighted by atomic mass is 32.7. The fraction of sp³-hybridized carbons (Fsp3) is 0.450. The second-order valence-corrected chi connectivity index (χ2v) is 11.7. The van der Waals surface area contributed by atoms with E-state index >= 15 is 0 Å². The van der Waals surface area contributed by atoms with E-state index in [1.54, 1.807) is 36.2 Å². The van der Waals surface area contributed by atoms with Crippen LogP contribution in [0.3, 0.4) is 0 Å². The van der Waals surface area contributed by atoms with Crippen LogP contribution < -0.4 is 15.6 Å². The molecule has 1 aliphatic rings. The highest BCUT2D eigenvalue weighted by Gasteiger charge is 2.22. The number of nitrogens with zero attached hydrogens (tertiary/aromatic N) is 1. The van der Waals surface area contributed by atoms with Crippen molar-refractivity contribution in [1.29, 1.82) is 0 Å². The molecule has 0 aliphatic heterocycles. The van der Waals surface area contributed by atoms with Crippen LogP contribution in [-0.4, -0.2) is 16.9 Å². The number of anilines is 3. The molecular formula is C20H27FN3OPS. The van der Waals surface area contributed by atoms with E-state index in [4.69, 9.17) is 0 Å². The summed E-state index contributed by atoms with van der Waals surface area (Å²) in [6, 6.07) is 6.89. The van der Waals surface area contributed by atoms with Crippen molar-refractivity contribution < 1.29 is 4.39 Å². The molecule has 146 valence electrons. The van der Waals surface area contributed by atoms with Gasteiger partial charge in [-0.3, -0.25) is 9.36 Å². The van der Waals surface area contributed by atoms with Crippen LogP contribution in [0, 0.1) is 19.7 Å². The zero-order valence-corrected chi connectivity index (χ0v) is 18.0. The summed E-state index contributed by atoms with van der Waals surface area (Å²) in [4.78, 5) is 12.4. The van der Waals surface area contributed by atoms with Gasteiger partial charge < -0.3 is 10.0 Å². The lowest BCUT2D eigenvalue weighted by molar-refractivity contribution is 0.630. The molecule has 7 heteroatoms. The van der Waals surface area contributed by atoms with Crippen LogP contribution in [-0.2, 0) is 7.05 Å². The average molecular weight is 407 g/mol. The Morgan fingerprint density at radius 1 is 1.19 bits per heavy atom. The van der Waals surface area contributed by atoms with E-state index in [0.29, 0.717) is 17.1 Å². The van der Waals surface area contributed by atoms with Crippen LogP contribution >= 0.6 is 18.7 Å². The lowest BCUT2D eigenvalue weighted by Gasteiger charge is -2.22. The van der Waals surface area contributed by atoms with Crippen LogP contribution in [0.5, 0.6) is 0 Å². The predicted molar refractivity (Wildman–Crippen MR) is 117 cm³/mol. The van der Waals surface area contributed by atoms with Crippen molar-refractivity contribution in [3.8, 4) is 0 Å². The second kappa shape index (κ2) is 8.66. The summed E-state index contributed by atoms with van der Waals surface area (Å²) in [5.41, 5.74) is 3.40. The van der Waals surface area contributed by atoms with E-state index in [1.807, 2.05) is 19.1 Å². The summed E-state index contributed by atoms with van der Waals surface area (Å²) < 4.78 is 19.3. The molecule has 1 fully saturated rings. The highest BCUT2D eigenvalue weighted by Crippen LogP contribution is 2.55. The van der Waals surface area contributed by atoms with Gasteiger partial charge in [-0.05, 0) is 81.5 Å². The number of benzene rings is 1. The first-order valence-corrected chi connectivity index (χ1v) is 12.5. The van der Waals surface area contributed by atoms with Crippen molar-refractivity contribution in [3.05, 3.63) is 51.6 Å². The van der Waals surface area contributed by atoms with Crippen molar-refractivity contribution in [2.75, 3.05) is 16.7 Å². The van der Waals surface area contributed by atoms with E-state index in [9.17, 15) is 9.18 Å². The van der Waals surface area contributed by atoms with E-state index in [0.717, 1.165) is 16.9 Å². The summed E-state index contributed by atoms with van der Waals surface area (Å²) in [5, 5.41) is 3.12. The molecule has 0 bridgehead atoms. The number of hydrogen-bond acceptors (Lipinski definition) is 4. The van der Waals surface area contributed by atoms with Gasteiger partial charge in [0.15, 0.2) is 0 Å². The van der Waals surface area contributed by atoms with Gasteiger partial charge in [0.05, 0.1) is 11.4 Å². The van der Waals surface area contributed by atoms with Crippen LogP contribution in [0.2, 0.25) is 0 Å². The minimum absolute atomic E-state index is 0.0878. The zero-order chi connectivity index (χ0) is 19.6. The van der Waals surface area contributed by atoms with Gasteiger partial charge in [0.25, 0.3) is 5.56 Å². The Morgan fingerprint density at radius 3 is 2.56 bits per heavy atom. The van der Waals surface area contributed by atoms with Gasteiger partial charge >= 0.3 is 0 Å². The topological polar surface area (TPSA) is 46.1 Å². The molecule has 0 amide bonds. The third kappa shape index (κ3) is 4.67. The number of hydrogen-bond donors (Lipinski definition) is 2. The van der Waals surface area contributed by atoms with E-state index in [2.05, 4.69) is 16.7 Å².